The van der Waals surface area contributed by atoms with Gasteiger partial charge >= 0.3 is 0 Å². The minimum absolute atomic E-state index is 0.0520. The summed E-state index contributed by atoms with van der Waals surface area (Å²) < 4.78 is 0. The zero-order valence-corrected chi connectivity index (χ0v) is 9.81. The lowest BCUT2D eigenvalue weighted by molar-refractivity contribution is -0.120. The van der Waals surface area contributed by atoms with Crippen molar-refractivity contribution in [3.63, 3.8) is 0 Å². The molecule has 4 heteroatoms. The largest absolute Gasteiger partial charge is 0.355 e. The Balaban J connectivity index is 2.24. The van der Waals surface area contributed by atoms with Crippen LogP contribution in [0.1, 0.15) is 33.1 Å². The Labute approximate surface area is 92.0 Å². The predicted molar refractivity (Wildman–Crippen MR) is 61.5 cm³/mol. The standard InChI is InChI=1S/C11H23N3O/c1-3-6-13-10(15)7-14-11(2,8-12)9-4-5-9/h9,14H,3-8,12H2,1-2H3,(H,13,15). The van der Waals surface area contributed by atoms with Crippen molar-refractivity contribution in [3.8, 4) is 0 Å². The summed E-state index contributed by atoms with van der Waals surface area (Å²) in [4.78, 5) is 11.4. The van der Waals surface area contributed by atoms with E-state index in [2.05, 4.69) is 17.6 Å². The zero-order valence-electron chi connectivity index (χ0n) is 9.81. The third-order valence-electron chi connectivity index (χ3n) is 3.13. The number of carbonyl (C=O) groups excluding carboxylic acids is 1. The summed E-state index contributed by atoms with van der Waals surface area (Å²) in [6, 6.07) is 0. The van der Waals surface area contributed by atoms with Crippen LogP contribution in [0.2, 0.25) is 0 Å². The van der Waals surface area contributed by atoms with Crippen molar-refractivity contribution in [1.82, 2.24) is 10.6 Å². The maximum atomic E-state index is 11.4. The molecule has 4 N–H and O–H groups in total. The first-order valence-electron chi connectivity index (χ1n) is 5.84. The minimum atomic E-state index is -0.0520. The molecule has 1 unspecified atom stereocenters. The maximum Gasteiger partial charge on any atom is 0.233 e. The van der Waals surface area contributed by atoms with Gasteiger partial charge in [0.05, 0.1) is 6.54 Å². The highest BCUT2D eigenvalue weighted by molar-refractivity contribution is 5.78. The Morgan fingerprint density at radius 3 is 2.67 bits per heavy atom. The van der Waals surface area contributed by atoms with Gasteiger partial charge in [0.1, 0.15) is 0 Å². The van der Waals surface area contributed by atoms with Crippen LogP contribution in [-0.2, 0) is 4.79 Å². The molecule has 0 spiro atoms. The Bertz CT molecular complexity index is 216. The molecule has 1 amide bonds. The van der Waals surface area contributed by atoms with Crippen molar-refractivity contribution >= 4 is 5.91 Å². The van der Waals surface area contributed by atoms with Crippen LogP contribution in [0.15, 0.2) is 0 Å². The number of nitrogens with two attached hydrogens (primary N) is 1. The molecule has 1 fully saturated rings. The topological polar surface area (TPSA) is 67.2 Å². The maximum absolute atomic E-state index is 11.4. The normalized spacial score (nSPS) is 19.7. The van der Waals surface area contributed by atoms with Gasteiger partial charge in [0.2, 0.25) is 5.91 Å². The molecule has 1 saturated carbocycles. The summed E-state index contributed by atoms with van der Waals surface area (Å²) in [5, 5.41) is 6.13. The first-order chi connectivity index (χ1) is 7.12. The van der Waals surface area contributed by atoms with E-state index in [9.17, 15) is 4.79 Å². The second-order valence-electron chi connectivity index (χ2n) is 4.60. The quantitative estimate of drug-likeness (QED) is 0.567. The van der Waals surface area contributed by atoms with Gasteiger partial charge in [-0.15, -0.1) is 0 Å². The summed E-state index contributed by atoms with van der Waals surface area (Å²) in [6.07, 6.45) is 3.44. The van der Waals surface area contributed by atoms with Crippen LogP contribution >= 0.6 is 0 Å². The van der Waals surface area contributed by atoms with Crippen molar-refractivity contribution in [2.75, 3.05) is 19.6 Å². The molecule has 0 heterocycles. The van der Waals surface area contributed by atoms with Crippen LogP contribution in [0.5, 0.6) is 0 Å². The van der Waals surface area contributed by atoms with Crippen LogP contribution in [0.25, 0.3) is 0 Å². The molecule has 0 bridgehead atoms. The van der Waals surface area contributed by atoms with Crippen molar-refractivity contribution < 1.29 is 4.79 Å². The number of hydrogen-bond acceptors (Lipinski definition) is 3. The van der Waals surface area contributed by atoms with Gasteiger partial charge in [0.25, 0.3) is 0 Å². The third-order valence-corrected chi connectivity index (χ3v) is 3.13. The molecule has 0 radical (unpaired) electrons. The Hall–Kier alpha value is -0.610. The zero-order chi connectivity index (χ0) is 11.3. The van der Waals surface area contributed by atoms with Gasteiger partial charge in [-0.25, -0.2) is 0 Å². The molecular formula is C11H23N3O. The first-order valence-corrected chi connectivity index (χ1v) is 5.84. The van der Waals surface area contributed by atoms with Gasteiger partial charge in [0, 0.05) is 18.6 Å². The number of rotatable bonds is 7. The monoisotopic (exact) mass is 213 g/mol. The highest BCUT2D eigenvalue weighted by Gasteiger charge is 2.40. The molecule has 0 aromatic rings. The van der Waals surface area contributed by atoms with E-state index in [0.29, 0.717) is 19.0 Å². The molecule has 1 aliphatic carbocycles. The number of amides is 1. The van der Waals surface area contributed by atoms with Gasteiger partial charge in [-0.05, 0) is 32.1 Å². The number of carbonyl (C=O) groups is 1. The average Bonchev–Trinajstić information content (AvgIpc) is 3.06. The molecule has 0 aromatic heterocycles. The molecular weight excluding hydrogens is 190 g/mol. The van der Waals surface area contributed by atoms with Crippen LogP contribution in [0.3, 0.4) is 0 Å². The lowest BCUT2D eigenvalue weighted by Gasteiger charge is -2.29. The molecule has 1 rings (SSSR count). The van der Waals surface area contributed by atoms with Gasteiger partial charge in [-0.2, -0.15) is 0 Å². The molecule has 0 saturated heterocycles. The average molecular weight is 213 g/mol. The lowest BCUT2D eigenvalue weighted by atomic mass is 9.96. The van der Waals surface area contributed by atoms with Crippen LogP contribution in [0, 0.1) is 5.92 Å². The van der Waals surface area contributed by atoms with E-state index in [1.807, 2.05) is 6.92 Å². The van der Waals surface area contributed by atoms with E-state index < -0.39 is 0 Å². The summed E-state index contributed by atoms with van der Waals surface area (Å²) in [7, 11) is 0. The van der Waals surface area contributed by atoms with Crippen LogP contribution in [0.4, 0.5) is 0 Å². The molecule has 0 aliphatic heterocycles. The smallest absolute Gasteiger partial charge is 0.233 e. The van der Waals surface area contributed by atoms with E-state index in [4.69, 9.17) is 5.73 Å². The molecule has 4 nitrogen and oxygen atoms in total. The van der Waals surface area contributed by atoms with Crippen molar-refractivity contribution in [2.24, 2.45) is 11.7 Å². The Morgan fingerprint density at radius 1 is 1.53 bits per heavy atom. The highest BCUT2D eigenvalue weighted by Crippen LogP contribution is 2.38. The second-order valence-corrected chi connectivity index (χ2v) is 4.60. The molecule has 88 valence electrons. The molecule has 0 aromatic carbocycles. The van der Waals surface area contributed by atoms with Gasteiger partial charge < -0.3 is 16.4 Å². The van der Waals surface area contributed by atoms with E-state index in [-0.39, 0.29) is 11.4 Å². The second kappa shape index (κ2) is 5.47. The fourth-order valence-electron chi connectivity index (χ4n) is 1.71. The van der Waals surface area contributed by atoms with E-state index in [1.165, 1.54) is 12.8 Å². The van der Waals surface area contributed by atoms with Gasteiger partial charge in [-0.3, -0.25) is 4.79 Å². The molecule has 1 atom stereocenters. The van der Waals surface area contributed by atoms with E-state index >= 15 is 0 Å². The predicted octanol–water partition coefficient (Wildman–Crippen LogP) is 0.230. The van der Waals surface area contributed by atoms with Crippen LogP contribution in [-0.4, -0.2) is 31.1 Å². The summed E-state index contributed by atoms with van der Waals surface area (Å²) in [5.74, 6) is 0.721. The van der Waals surface area contributed by atoms with Gasteiger partial charge in [0.15, 0.2) is 0 Å². The number of hydrogen-bond donors (Lipinski definition) is 3. The van der Waals surface area contributed by atoms with Crippen LogP contribution < -0.4 is 16.4 Å². The lowest BCUT2D eigenvalue weighted by Crippen LogP contribution is -2.53. The van der Waals surface area contributed by atoms with E-state index in [1.54, 1.807) is 0 Å². The highest BCUT2D eigenvalue weighted by atomic mass is 16.1. The molecule has 15 heavy (non-hydrogen) atoms. The van der Waals surface area contributed by atoms with Crippen molar-refractivity contribution in [2.45, 2.75) is 38.6 Å². The van der Waals surface area contributed by atoms with Gasteiger partial charge in [-0.1, -0.05) is 6.92 Å². The van der Waals surface area contributed by atoms with E-state index in [0.717, 1.165) is 13.0 Å². The Kier molecular flexibility index (Phi) is 4.54. The minimum Gasteiger partial charge on any atom is -0.355 e. The number of nitrogens with one attached hydrogen (secondary N) is 2. The van der Waals surface area contributed by atoms with Crippen molar-refractivity contribution in [1.29, 1.82) is 0 Å². The third kappa shape index (κ3) is 3.80. The first kappa shape index (κ1) is 12.5. The van der Waals surface area contributed by atoms with Crippen molar-refractivity contribution in [3.05, 3.63) is 0 Å². The molecule has 1 aliphatic rings. The summed E-state index contributed by atoms with van der Waals surface area (Å²) in [6.45, 7) is 5.88. The fourth-order valence-corrected chi connectivity index (χ4v) is 1.71. The fraction of sp³-hybridized carbons (Fsp3) is 0.909. The summed E-state index contributed by atoms with van der Waals surface area (Å²) in [5.41, 5.74) is 5.69. The summed E-state index contributed by atoms with van der Waals surface area (Å²) >= 11 is 0. The Morgan fingerprint density at radius 2 is 2.20 bits per heavy atom. The SMILES string of the molecule is CCCNC(=O)CNC(C)(CN)C1CC1.